The number of hydrogen-bond donors (Lipinski definition) is 0. The van der Waals surface area contributed by atoms with Gasteiger partial charge in [-0.05, 0) is 48.3 Å². The molecule has 3 aromatic rings. The van der Waals surface area contributed by atoms with E-state index in [1.165, 1.54) is 53.1 Å². The minimum Gasteiger partial charge on any atom is -0.489 e. The Morgan fingerprint density at radius 1 is 1.17 bits per heavy atom. The molecule has 3 aliphatic rings. The summed E-state index contributed by atoms with van der Waals surface area (Å²) in [6, 6.07) is 10.6. The Kier molecular flexibility index (Phi) is 2.03. The van der Waals surface area contributed by atoms with Crippen LogP contribution in [0.15, 0.2) is 41.3 Å². The molecule has 2 heterocycles. The minimum absolute atomic E-state index is 0.408. The summed E-state index contributed by atoms with van der Waals surface area (Å²) in [5, 5.41) is 2.36. The van der Waals surface area contributed by atoms with Crippen molar-refractivity contribution in [3.8, 4) is 0 Å². The molecule has 2 aliphatic carbocycles. The van der Waals surface area contributed by atoms with E-state index >= 15 is 0 Å². The quantitative estimate of drug-likeness (QED) is 0.590. The van der Waals surface area contributed by atoms with E-state index in [-0.39, 0.29) is 0 Å². The van der Waals surface area contributed by atoms with Gasteiger partial charge in [-0.2, -0.15) is 0 Å². The van der Waals surface area contributed by atoms with Crippen molar-refractivity contribution in [2.45, 2.75) is 37.7 Å². The molecule has 0 N–H and O–H groups in total. The monoisotopic (exact) mass is 302 g/mol. The van der Waals surface area contributed by atoms with Gasteiger partial charge in [-0.1, -0.05) is 31.2 Å². The molecule has 0 spiro atoms. The van der Waals surface area contributed by atoms with Gasteiger partial charge in [-0.3, -0.25) is 0 Å². The van der Waals surface area contributed by atoms with Crippen LogP contribution in [0.2, 0.25) is 0 Å². The van der Waals surface area contributed by atoms with Gasteiger partial charge >= 0.3 is 0 Å². The minimum atomic E-state index is 0.408. The van der Waals surface area contributed by atoms with Crippen molar-refractivity contribution in [1.82, 2.24) is 0 Å². The van der Waals surface area contributed by atoms with E-state index in [0.717, 1.165) is 22.8 Å². The first-order chi connectivity index (χ1) is 11.3. The summed E-state index contributed by atoms with van der Waals surface area (Å²) in [4.78, 5) is 0. The first-order valence-corrected chi connectivity index (χ1v) is 8.58. The highest BCUT2D eigenvalue weighted by molar-refractivity contribution is 6.11. The van der Waals surface area contributed by atoms with E-state index in [1.807, 2.05) is 12.1 Å². The standard InChI is InChI=1S/C21H18O2/c1-12-19-15(11-22-12)16(21-8-4-5-13(21)10-21)9-18-20(19)14-6-2-3-7-17(14)23-18/h2-3,6-7,9,13H,1,4-5,8,10-11H2. The summed E-state index contributed by atoms with van der Waals surface area (Å²) in [6.45, 7) is 4.85. The Balaban J connectivity index is 1.76. The summed E-state index contributed by atoms with van der Waals surface area (Å²) in [5.41, 5.74) is 6.43. The molecule has 2 aromatic carbocycles. The zero-order chi connectivity index (χ0) is 15.2. The zero-order valence-electron chi connectivity index (χ0n) is 13.0. The number of rotatable bonds is 1. The lowest BCUT2D eigenvalue weighted by atomic mass is 9.85. The van der Waals surface area contributed by atoms with Gasteiger partial charge in [0.15, 0.2) is 0 Å². The van der Waals surface area contributed by atoms with Crippen LogP contribution in [-0.2, 0) is 16.8 Å². The van der Waals surface area contributed by atoms with Crippen LogP contribution < -0.4 is 0 Å². The molecule has 2 unspecified atom stereocenters. The zero-order valence-corrected chi connectivity index (χ0v) is 13.0. The first kappa shape index (κ1) is 12.2. The Hall–Kier alpha value is -2.22. The maximum absolute atomic E-state index is 6.19. The van der Waals surface area contributed by atoms with Crippen LogP contribution in [0, 0.1) is 5.92 Å². The third kappa shape index (κ3) is 1.36. The van der Waals surface area contributed by atoms with E-state index in [0.29, 0.717) is 12.0 Å². The van der Waals surface area contributed by atoms with Crippen molar-refractivity contribution >= 4 is 27.7 Å². The SMILES string of the molecule is C=C1OCc2c(C34CCCC3C4)cc3oc4ccccc4c3c21. The van der Waals surface area contributed by atoms with Crippen LogP contribution in [0.25, 0.3) is 27.7 Å². The van der Waals surface area contributed by atoms with Crippen molar-refractivity contribution in [3.63, 3.8) is 0 Å². The molecular weight excluding hydrogens is 284 g/mol. The van der Waals surface area contributed by atoms with Gasteiger partial charge in [0, 0.05) is 21.9 Å². The van der Waals surface area contributed by atoms with Gasteiger partial charge < -0.3 is 9.15 Å². The van der Waals surface area contributed by atoms with Crippen LogP contribution in [0.5, 0.6) is 0 Å². The molecule has 0 amide bonds. The summed E-state index contributed by atoms with van der Waals surface area (Å²) < 4.78 is 12.1. The molecule has 2 heteroatoms. The molecule has 2 nitrogen and oxygen atoms in total. The molecule has 114 valence electrons. The predicted octanol–water partition coefficient (Wildman–Crippen LogP) is 5.53. The van der Waals surface area contributed by atoms with E-state index in [9.17, 15) is 0 Å². The third-order valence-electron chi connectivity index (χ3n) is 6.39. The molecule has 2 fully saturated rings. The number of ether oxygens (including phenoxy) is 1. The highest BCUT2D eigenvalue weighted by atomic mass is 16.5. The lowest BCUT2D eigenvalue weighted by Gasteiger charge is -2.16. The van der Waals surface area contributed by atoms with Crippen LogP contribution >= 0.6 is 0 Å². The van der Waals surface area contributed by atoms with Gasteiger partial charge in [0.25, 0.3) is 0 Å². The summed E-state index contributed by atoms with van der Waals surface area (Å²) in [5.74, 6) is 1.69. The first-order valence-electron chi connectivity index (χ1n) is 8.58. The van der Waals surface area contributed by atoms with Crippen molar-refractivity contribution < 1.29 is 9.15 Å². The molecule has 23 heavy (non-hydrogen) atoms. The maximum Gasteiger partial charge on any atom is 0.136 e. The molecule has 1 aromatic heterocycles. The third-order valence-corrected chi connectivity index (χ3v) is 6.39. The molecular formula is C21H18O2. The molecule has 6 rings (SSSR count). The number of furan rings is 1. The van der Waals surface area contributed by atoms with Crippen LogP contribution in [0.3, 0.4) is 0 Å². The Morgan fingerprint density at radius 3 is 2.91 bits per heavy atom. The van der Waals surface area contributed by atoms with Gasteiger partial charge in [0.05, 0.1) is 0 Å². The van der Waals surface area contributed by atoms with E-state index in [1.54, 1.807) is 0 Å². The van der Waals surface area contributed by atoms with E-state index in [4.69, 9.17) is 9.15 Å². The molecule has 0 radical (unpaired) electrons. The Labute approximate surface area is 134 Å². The summed E-state index contributed by atoms with van der Waals surface area (Å²) in [7, 11) is 0. The van der Waals surface area contributed by atoms with Gasteiger partial charge in [-0.15, -0.1) is 0 Å². The molecule has 0 saturated heterocycles. The number of para-hydroxylation sites is 1. The highest BCUT2D eigenvalue weighted by Gasteiger charge is 2.59. The largest absolute Gasteiger partial charge is 0.489 e. The average molecular weight is 302 g/mol. The molecule has 2 atom stereocenters. The smallest absolute Gasteiger partial charge is 0.136 e. The number of fused-ring (bicyclic) bond motifs is 6. The average Bonchev–Trinajstić information content (AvgIpc) is 2.92. The van der Waals surface area contributed by atoms with Gasteiger partial charge in [-0.25, -0.2) is 0 Å². The fraction of sp³-hybridized carbons (Fsp3) is 0.333. The van der Waals surface area contributed by atoms with Crippen LogP contribution in [-0.4, -0.2) is 0 Å². The maximum atomic E-state index is 6.19. The fourth-order valence-corrected chi connectivity index (χ4v) is 5.25. The lowest BCUT2D eigenvalue weighted by molar-refractivity contribution is 0.285. The second-order valence-electron chi connectivity index (χ2n) is 7.41. The van der Waals surface area contributed by atoms with Crippen molar-refractivity contribution in [1.29, 1.82) is 0 Å². The second-order valence-corrected chi connectivity index (χ2v) is 7.41. The van der Waals surface area contributed by atoms with Crippen LogP contribution in [0.4, 0.5) is 0 Å². The van der Waals surface area contributed by atoms with Gasteiger partial charge in [0.2, 0.25) is 0 Å². The topological polar surface area (TPSA) is 22.4 Å². The summed E-state index contributed by atoms with van der Waals surface area (Å²) >= 11 is 0. The molecule has 0 bridgehead atoms. The highest BCUT2D eigenvalue weighted by Crippen LogP contribution is 2.66. The van der Waals surface area contributed by atoms with Crippen LogP contribution in [0.1, 0.15) is 42.4 Å². The second kappa shape index (κ2) is 3.81. The molecule has 2 saturated carbocycles. The Morgan fingerprint density at radius 2 is 2.09 bits per heavy atom. The van der Waals surface area contributed by atoms with Crippen molar-refractivity contribution in [2.24, 2.45) is 5.92 Å². The number of hydrogen-bond acceptors (Lipinski definition) is 2. The lowest BCUT2D eigenvalue weighted by Crippen LogP contribution is -2.09. The normalized spacial score (nSPS) is 28.2. The molecule has 1 aliphatic heterocycles. The van der Waals surface area contributed by atoms with Gasteiger partial charge in [0.1, 0.15) is 23.5 Å². The van der Waals surface area contributed by atoms with Crippen molar-refractivity contribution in [2.75, 3.05) is 0 Å². The van der Waals surface area contributed by atoms with Crippen molar-refractivity contribution in [3.05, 3.63) is 53.6 Å². The Bertz CT molecular complexity index is 1010. The fourth-order valence-electron chi connectivity index (χ4n) is 5.25. The van der Waals surface area contributed by atoms with E-state index in [2.05, 4.69) is 24.8 Å². The predicted molar refractivity (Wildman–Crippen MR) is 91.2 cm³/mol. The number of benzene rings is 2. The summed E-state index contributed by atoms with van der Waals surface area (Å²) in [6.07, 6.45) is 5.41. The van der Waals surface area contributed by atoms with E-state index < -0.39 is 0 Å².